The van der Waals surface area contributed by atoms with E-state index >= 15 is 0 Å². The molecule has 1 aliphatic heterocycles. The van der Waals surface area contributed by atoms with Crippen molar-refractivity contribution < 1.29 is 18.8 Å². The van der Waals surface area contributed by atoms with Crippen LogP contribution in [0.5, 0.6) is 0 Å². The first kappa shape index (κ1) is 19.3. The van der Waals surface area contributed by atoms with E-state index in [2.05, 4.69) is 5.32 Å². The van der Waals surface area contributed by atoms with Gasteiger partial charge < -0.3 is 10.2 Å². The van der Waals surface area contributed by atoms with Crippen LogP contribution in [-0.2, 0) is 16.1 Å². The van der Waals surface area contributed by atoms with E-state index < -0.39 is 23.3 Å². The van der Waals surface area contributed by atoms with Crippen LogP contribution in [-0.4, -0.2) is 46.8 Å². The second-order valence-corrected chi connectivity index (χ2v) is 7.76. The van der Waals surface area contributed by atoms with Crippen LogP contribution in [0, 0.1) is 17.7 Å². The van der Waals surface area contributed by atoms with Gasteiger partial charge in [-0.15, -0.1) is 0 Å². The van der Waals surface area contributed by atoms with Gasteiger partial charge in [0, 0.05) is 19.2 Å². The fraction of sp³-hybridized carbons (Fsp3) is 0.550. The van der Waals surface area contributed by atoms with Gasteiger partial charge in [-0.3, -0.25) is 14.5 Å². The van der Waals surface area contributed by atoms with Crippen molar-refractivity contribution in [3.63, 3.8) is 0 Å². The van der Waals surface area contributed by atoms with E-state index in [1.807, 2.05) is 13.8 Å². The van der Waals surface area contributed by atoms with Gasteiger partial charge in [-0.2, -0.15) is 0 Å². The Morgan fingerprint density at radius 2 is 1.89 bits per heavy atom. The van der Waals surface area contributed by atoms with Crippen LogP contribution in [0.3, 0.4) is 0 Å². The van der Waals surface area contributed by atoms with Crippen LogP contribution in [0.25, 0.3) is 0 Å². The first-order valence-corrected chi connectivity index (χ1v) is 9.38. The third kappa shape index (κ3) is 3.31. The smallest absolute Gasteiger partial charge is 0.325 e. The summed E-state index contributed by atoms with van der Waals surface area (Å²) in [5.74, 6) is -1.08. The van der Waals surface area contributed by atoms with Gasteiger partial charge >= 0.3 is 6.03 Å². The summed E-state index contributed by atoms with van der Waals surface area (Å²) in [5.41, 5.74) is -0.531. The molecule has 1 aliphatic carbocycles. The van der Waals surface area contributed by atoms with Crippen molar-refractivity contribution in [2.45, 2.75) is 45.2 Å². The number of carbonyl (C=O) groups excluding carboxylic acids is 3. The summed E-state index contributed by atoms with van der Waals surface area (Å²) in [6.45, 7) is 3.69. The quantitative estimate of drug-likeness (QED) is 0.822. The number of likely N-dealkylation sites (N-methyl/N-ethyl adjacent to an activating group) is 1. The molecule has 1 spiro atoms. The first-order valence-electron chi connectivity index (χ1n) is 9.38. The number of hydrogen-bond acceptors (Lipinski definition) is 3. The second-order valence-electron chi connectivity index (χ2n) is 7.76. The Bertz CT molecular complexity index is 757. The summed E-state index contributed by atoms with van der Waals surface area (Å²) >= 11 is 0. The summed E-state index contributed by atoms with van der Waals surface area (Å²) in [5, 5.41) is 2.88. The summed E-state index contributed by atoms with van der Waals surface area (Å²) in [6, 6.07) is 5.70. The minimum atomic E-state index is -0.917. The Hall–Kier alpha value is -2.44. The van der Waals surface area contributed by atoms with Gasteiger partial charge in [0.05, 0.1) is 0 Å². The molecule has 3 rings (SSSR count). The Morgan fingerprint density at radius 1 is 1.26 bits per heavy atom. The molecule has 1 N–H and O–H groups in total. The average Bonchev–Trinajstić information content (AvgIpc) is 2.87. The maximum absolute atomic E-state index is 13.8. The molecule has 7 heteroatoms. The monoisotopic (exact) mass is 375 g/mol. The van der Waals surface area contributed by atoms with E-state index in [9.17, 15) is 18.8 Å². The maximum Gasteiger partial charge on any atom is 0.325 e. The lowest BCUT2D eigenvalue weighted by Gasteiger charge is -2.42. The van der Waals surface area contributed by atoms with Gasteiger partial charge in [0.1, 0.15) is 17.9 Å². The van der Waals surface area contributed by atoms with Gasteiger partial charge in [0.25, 0.3) is 5.91 Å². The molecule has 6 nitrogen and oxygen atoms in total. The lowest BCUT2D eigenvalue weighted by atomic mass is 9.67. The van der Waals surface area contributed by atoms with Gasteiger partial charge in [-0.25, -0.2) is 9.18 Å². The summed E-state index contributed by atoms with van der Waals surface area (Å²) in [7, 11) is 1.54. The van der Waals surface area contributed by atoms with Crippen LogP contribution in [0.15, 0.2) is 24.3 Å². The summed E-state index contributed by atoms with van der Waals surface area (Å²) in [6.07, 6.45) is 2.76. The highest BCUT2D eigenvalue weighted by Gasteiger charge is 2.58. The Labute approximate surface area is 158 Å². The molecule has 0 bridgehead atoms. The Kier molecular flexibility index (Phi) is 5.22. The van der Waals surface area contributed by atoms with Crippen LogP contribution in [0.1, 0.15) is 38.7 Å². The highest BCUT2D eigenvalue weighted by atomic mass is 19.1. The van der Waals surface area contributed by atoms with Crippen molar-refractivity contribution in [2.75, 3.05) is 13.6 Å². The van der Waals surface area contributed by atoms with Gasteiger partial charge in [-0.1, -0.05) is 38.5 Å². The van der Waals surface area contributed by atoms with E-state index in [1.54, 1.807) is 18.2 Å². The standard InChI is InChI=1S/C20H26FN3O3/c1-13-7-6-8-14(2)20(13)18(26)24(19(27)22-20)12-17(25)23(3)11-15-9-4-5-10-16(15)21/h4-5,9-10,13-14H,6-8,11-12H2,1-3H3,(H,22,27). The van der Waals surface area contributed by atoms with Crippen molar-refractivity contribution in [3.05, 3.63) is 35.6 Å². The predicted molar refractivity (Wildman–Crippen MR) is 98.0 cm³/mol. The number of nitrogens with one attached hydrogen (secondary N) is 1. The van der Waals surface area contributed by atoms with E-state index in [0.29, 0.717) is 5.56 Å². The number of nitrogens with zero attached hydrogens (tertiary/aromatic N) is 2. The summed E-state index contributed by atoms with van der Waals surface area (Å²) < 4.78 is 13.8. The molecule has 2 aliphatic rings. The molecule has 1 aromatic carbocycles. The minimum absolute atomic E-state index is 0.0222. The number of amides is 4. The van der Waals surface area contributed by atoms with Crippen LogP contribution in [0.2, 0.25) is 0 Å². The van der Waals surface area contributed by atoms with Gasteiger partial charge in [-0.05, 0) is 30.7 Å². The first-order chi connectivity index (χ1) is 12.8. The van der Waals surface area contributed by atoms with Crippen molar-refractivity contribution in [1.29, 1.82) is 0 Å². The fourth-order valence-corrected chi connectivity index (χ4v) is 4.32. The molecule has 27 heavy (non-hydrogen) atoms. The van der Waals surface area contributed by atoms with Gasteiger partial charge in [0.15, 0.2) is 0 Å². The molecule has 0 radical (unpaired) electrons. The molecule has 2 unspecified atom stereocenters. The molecule has 2 atom stereocenters. The lowest BCUT2D eigenvalue weighted by molar-refractivity contribution is -0.141. The van der Waals surface area contributed by atoms with E-state index in [4.69, 9.17) is 0 Å². The Balaban J connectivity index is 1.71. The molecule has 0 aromatic heterocycles. The number of rotatable bonds is 4. The van der Waals surface area contributed by atoms with Crippen molar-refractivity contribution in [3.8, 4) is 0 Å². The number of carbonyl (C=O) groups is 3. The zero-order valence-corrected chi connectivity index (χ0v) is 16.0. The third-order valence-corrected chi connectivity index (χ3v) is 6.07. The van der Waals surface area contributed by atoms with Crippen LogP contribution >= 0.6 is 0 Å². The SMILES string of the molecule is CC1CCCC(C)C12NC(=O)N(CC(=O)N(C)Cc1ccccc1F)C2=O. The molecule has 1 heterocycles. The molecule has 1 aromatic rings. The number of hydrogen-bond donors (Lipinski definition) is 1. The van der Waals surface area contributed by atoms with Crippen molar-refractivity contribution in [2.24, 2.45) is 11.8 Å². The number of urea groups is 1. The molecule has 4 amide bonds. The normalized spacial score (nSPS) is 27.8. The zero-order chi connectivity index (χ0) is 19.8. The zero-order valence-electron chi connectivity index (χ0n) is 16.0. The predicted octanol–water partition coefficient (Wildman–Crippen LogP) is 2.53. The van der Waals surface area contributed by atoms with Crippen LogP contribution in [0.4, 0.5) is 9.18 Å². The van der Waals surface area contributed by atoms with E-state index in [0.717, 1.165) is 24.2 Å². The number of imide groups is 1. The summed E-state index contributed by atoms with van der Waals surface area (Å²) in [4.78, 5) is 40.5. The highest BCUT2D eigenvalue weighted by molar-refractivity contribution is 6.09. The average molecular weight is 375 g/mol. The molecular weight excluding hydrogens is 349 g/mol. The third-order valence-electron chi connectivity index (χ3n) is 6.07. The van der Waals surface area contributed by atoms with Crippen molar-refractivity contribution >= 4 is 17.8 Å². The molecule has 1 saturated carbocycles. The number of halogens is 1. The van der Waals surface area contributed by atoms with E-state index in [-0.39, 0.29) is 30.8 Å². The lowest BCUT2D eigenvalue weighted by Crippen LogP contribution is -2.59. The molecule has 1 saturated heterocycles. The second kappa shape index (κ2) is 7.29. The van der Waals surface area contributed by atoms with Gasteiger partial charge in [0.2, 0.25) is 5.91 Å². The van der Waals surface area contributed by atoms with Crippen molar-refractivity contribution in [1.82, 2.24) is 15.1 Å². The topological polar surface area (TPSA) is 69.7 Å². The number of benzene rings is 1. The highest BCUT2D eigenvalue weighted by Crippen LogP contribution is 2.42. The Morgan fingerprint density at radius 3 is 2.52 bits per heavy atom. The molecule has 2 fully saturated rings. The molecular formula is C20H26FN3O3. The van der Waals surface area contributed by atoms with Crippen LogP contribution < -0.4 is 5.32 Å². The maximum atomic E-state index is 13.8. The fourth-order valence-electron chi connectivity index (χ4n) is 4.32. The molecule has 146 valence electrons. The minimum Gasteiger partial charge on any atom is -0.340 e. The van der Waals surface area contributed by atoms with E-state index in [1.165, 1.54) is 18.0 Å². The largest absolute Gasteiger partial charge is 0.340 e.